The van der Waals surface area contributed by atoms with E-state index >= 15 is 0 Å². The third-order valence-corrected chi connectivity index (χ3v) is 5.93. The van der Waals surface area contributed by atoms with E-state index in [-0.39, 0.29) is 30.2 Å². The Morgan fingerprint density at radius 1 is 1.09 bits per heavy atom. The number of amides is 3. The molecule has 3 amide bonds. The number of nitrogens with one attached hydrogen (secondary N) is 2. The van der Waals surface area contributed by atoms with Gasteiger partial charge in [0.2, 0.25) is 17.7 Å². The predicted octanol–water partition coefficient (Wildman–Crippen LogP) is 4.02. The zero-order valence-electron chi connectivity index (χ0n) is 18.8. The highest BCUT2D eigenvalue weighted by Crippen LogP contribution is 2.19. The third-order valence-electron chi connectivity index (χ3n) is 5.68. The van der Waals surface area contributed by atoms with Crippen LogP contribution in [0.2, 0.25) is 5.02 Å². The van der Waals surface area contributed by atoms with Crippen LogP contribution in [-0.4, -0.2) is 36.2 Å². The topological polar surface area (TPSA) is 78.5 Å². The predicted molar refractivity (Wildman–Crippen MR) is 129 cm³/mol. The Kier molecular flexibility index (Phi) is 9.07. The van der Waals surface area contributed by atoms with Crippen molar-refractivity contribution in [1.29, 1.82) is 0 Å². The van der Waals surface area contributed by atoms with E-state index in [2.05, 4.69) is 10.6 Å². The van der Waals surface area contributed by atoms with Crippen molar-refractivity contribution in [1.82, 2.24) is 15.5 Å². The highest BCUT2D eigenvalue weighted by molar-refractivity contribution is 6.30. The second-order valence-electron chi connectivity index (χ2n) is 8.30. The first-order valence-corrected chi connectivity index (χ1v) is 11.6. The molecule has 33 heavy (non-hydrogen) atoms. The molecule has 174 valence electrons. The smallest absolute Gasteiger partial charge is 0.226 e. The van der Waals surface area contributed by atoms with Gasteiger partial charge < -0.3 is 15.5 Å². The standard InChI is InChI=1S/C26H30ClN3O3/c1-30-18-23(20-8-4-2-5-9-20)29-24(31)11-7-3-6-10-21(26(30)33)16-25(32)28-17-19-12-14-22(27)15-13-19/h2-6,8-9,12-15,21,23H,7,10-11,16-18H2,1H3,(H,28,32)(H,29,31)/t21-,23-/m0/s1. The number of benzene rings is 2. The van der Waals surface area contributed by atoms with Crippen molar-refractivity contribution in [3.05, 3.63) is 82.9 Å². The SMILES string of the molecule is CN1C[C@@H](c2ccccc2)NC(=O)CCC=CC[C@@H](CC(=O)NCc2ccc(Cl)cc2)C1=O. The van der Waals surface area contributed by atoms with Gasteiger partial charge in [0.15, 0.2) is 0 Å². The minimum absolute atomic E-state index is 0.0481. The Hall–Kier alpha value is -3.12. The molecule has 1 aliphatic heterocycles. The first-order valence-electron chi connectivity index (χ1n) is 11.2. The first kappa shape index (κ1) is 24.5. The summed E-state index contributed by atoms with van der Waals surface area (Å²) in [4.78, 5) is 39.9. The quantitative estimate of drug-likeness (QED) is 0.652. The summed E-state index contributed by atoms with van der Waals surface area (Å²) >= 11 is 5.91. The molecule has 1 heterocycles. The molecule has 0 saturated carbocycles. The largest absolute Gasteiger partial charge is 0.352 e. The Bertz CT molecular complexity index is 976. The van der Waals surface area contributed by atoms with Crippen LogP contribution in [0.5, 0.6) is 0 Å². The fourth-order valence-corrected chi connectivity index (χ4v) is 3.95. The van der Waals surface area contributed by atoms with Crippen LogP contribution >= 0.6 is 11.6 Å². The molecule has 0 spiro atoms. The second-order valence-corrected chi connectivity index (χ2v) is 8.74. The van der Waals surface area contributed by atoms with E-state index < -0.39 is 5.92 Å². The maximum atomic E-state index is 13.3. The lowest BCUT2D eigenvalue weighted by molar-refractivity contribution is -0.137. The van der Waals surface area contributed by atoms with Gasteiger partial charge in [-0.2, -0.15) is 0 Å². The minimum Gasteiger partial charge on any atom is -0.352 e. The van der Waals surface area contributed by atoms with Gasteiger partial charge in [0, 0.05) is 38.0 Å². The van der Waals surface area contributed by atoms with Crippen LogP contribution in [0.4, 0.5) is 0 Å². The Labute approximate surface area is 200 Å². The molecule has 2 aromatic carbocycles. The summed E-state index contributed by atoms with van der Waals surface area (Å²) in [5.41, 5.74) is 1.88. The lowest BCUT2D eigenvalue weighted by Gasteiger charge is -2.28. The van der Waals surface area contributed by atoms with Crippen molar-refractivity contribution in [2.45, 2.75) is 38.3 Å². The molecule has 0 unspecified atom stereocenters. The van der Waals surface area contributed by atoms with Crippen molar-refractivity contribution in [3.8, 4) is 0 Å². The van der Waals surface area contributed by atoms with Crippen molar-refractivity contribution >= 4 is 29.3 Å². The maximum absolute atomic E-state index is 13.3. The average molecular weight is 468 g/mol. The van der Waals surface area contributed by atoms with Crippen LogP contribution in [0.15, 0.2) is 66.7 Å². The van der Waals surface area contributed by atoms with E-state index in [0.717, 1.165) is 11.1 Å². The fourth-order valence-electron chi connectivity index (χ4n) is 3.82. The molecular weight excluding hydrogens is 438 g/mol. The fraction of sp³-hybridized carbons (Fsp3) is 0.346. The van der Waals surface area contributed by atoms with E-state index in [0.29, 0.717) is 37.4 Å². The number of likely N-dealkylation sites (N-methyl/N-ethyl adjacent to an activating group) is 1. The number of hydrogen-bond donors (Lipinski definition) is 2. The highest BCUT2D eigenvalue weighted by atomic mass is 35.5. The van der Waals surface area contributed by atoms with Crippen molar-refractivity contribution in [3.63, 3.8) is 0 Å². The maximum Gasteiger partial charge on any atom is 0.226 e. The lowest BCUT2D eigenvalue weighted by atomic mass is 9.97. The van der Waals surface area contributed by atoms with Gasteiger partial charge >= 0.3 is 0 Å². The van der Waals surface area contributed by atoms with Crippen LogP contribution < -0.4 is 10.6 Å². The van der Waals surface area contributed by atoms with Crippen molar-refractivity contribution < 1.29 is 14.4 Å². The number of nitrogens with zero attached hydrogens (tertiary/aromatic N) is 1. The highest BCUT2D eigenvalue weighted by Gasteiger charge is 2.27. The molecule has 6 nitrogen and oxygen atoms in total. The summed E-state index contributed by atoms with van der Waals surface area (Å²) in [6.45, 7) is 0.714. The monoisotopic (exact) mass is 467 g/mol. The average Bonchev–Trinajstić information content (AvgIpc) is 2.81. The Morgan fingerprint density at radius 2 is 1.82 bits per heavy atom. The number of halogens is 1. The molecule has 0 aromatic heterocycles. The van der Waals surface area contributed by atoms with Crippen molar-refractivity contribution in [2.24, 2.45) is 5.92 Å². The van der Waals surface area contributed by atoms with E-state index in [1.807, 2.05) is 54.6 Å². The number of allylic oxidation sites excluding steroid dienone is 2. The summed E-state index contributed by atoms with van der Waals surface area (Å²) in [5, 5.41) is 6.58. The van der Waals surface area contributed by atoms with E-state index in [1.165, 1.54) is 0 Å². The van der Waals surface area contributed by atoms with Crippen molar-refractivity contribution in [2.75, 3.05) is 13.6 Å². The van der Waals surface area contributed by atoms with Gasteiger partial charge in [0.25, 0.3) is 0 Å². The molecule has 0 bridgehead atoms. The molecule has 2 atom stereocenters. The summed E-state index contributed by atoms with van der Waals surface area (Å²) in [5.74, 6) is -0.807. The zero-order valence-corrected chi connectivity index (χ0v) is 19.6. The zero-order chi connectivity index (χ0) is 23.6. The number of carbonyl (C=O) groups is 3. The minimum atomic E-state index is -0.469. The number of rotatable bonds is 5. The van der Waals surface area contributed by atoms with E-state index in [1.54, 1.807) is 24.1 Å². The number of hydrogen-bond acceptors (Lipinski definition) is 3. The number of carbonyl (C=O) groups excluding carboxylic acids is 3. The second kappa shape index (κ2) is 12.2. The van der Waals surface area contributed by atoms with Gasteiger partial charge in [-0.3, -0.25) is 14.4 Å². The molecule has 3 rings (SSSR count). The molecule has 0 saturated heterocycles. The first-order chi connectivity index (χ1) is 15.9. The van der Waals surface area contributed by atoms with Crippen LogP contribution in [0.25, 0.3) is 0 Å². The molecular formula is C26H30ClN3O3. The van der Waals surface area contributed by atoms with Gasteiger partial charge in [-0.1, -0.05) is 66.2 Å². The van der Waals surface area contributed by atoms with E-state index in [9.17, 15) is 14.4 Å². The molecule has 0 radical (unpaired) electrons. The third kappa shape index (κ3) is 7.75. The van der Waals surface area contributed by atoms with Gasteiger partial charge in [-0.05, 0) is 36.1 Å². The van der Waals surface area contributed by atoms with Gasteiger partial charge in [-0.15, -0.1) is 0 Å². The molecule has 0 aliphatic carbocycles. The Balaban J connectivity index is 1.68. The molecule has 1 aliphatic rings. The lowest BCUT2D eigenvalue weighted by Crippen LogP contribution is -2.42. The van der Waals surface area contributed by atoms with Gasteiger partial charge in [-0.25, -0.2) is 0 Å². The molecule has 2 aromatic rings. The molecule has 2 N–H and O–H groups in total. The molecule has 0 fully saturated rings. The van der Waals surface area contributed by atoms with Crippen LogP contribution in [0.3, 0.4) is 0 Å². The van der Waals surface area contributed by atoms with E-state index in [4.69, 9.17) is 11.6 Å². The molecule has 7 heteroatoms. The normalized spacial score (nSPS) is 19.9. The van der Waals surface area contributed by atoms with Crippen LogP contribution in [0.1, 0.15) is 42.9 Å². The summed E-state index contributed by atoms with van der Waals surface area (Å²) in [6.07, 6.45) is 5.33. The van der Waals surface area contributed by atoms with Crippen LogP contribution in [-0.2, 0) is 20.9 Å². The van der Waals surface area contributed by atoms with Crippen LogP contribution in [0, 0.1) is 5.92 Å². The van der Waals surface area contributed by atoms with Gasteiger partial charge in [0.1, 0.15) is 0 Å². The van der Waals surface area contributed by atoms with Gasteiger partial charge in [0.05, 0.1) is 12.0 Å². The summed E-state index contributed by atoms with van der Waals surface area (Å²) in [7, 11) is 1.72. The Morgan fingerprint density at radius 3 is 2.55 bits per heavy atom. The summed E-state index contributed by atoms with van der Waals surface area (Å²) in [6, 6.07) is 16.6. The summed E-state index contributed by atoms with van der Waals surface area (Å²) < 4.78 is 0.